The third kappa shape index (κ3) is 1.82. The van der Waals surface area contributed by atoms with Crippen molar-refractivity contribution in [3.8, 4) is 0 Å². The summed E-state index contributed by atoms with van der Waals surface area (Å²) in [4.78, 5) is 26.8. The van der Waals surface area contributed by atoms with Gasteiger partial charge in [0.2, 0.25) is 11.8 Å². The second kappa shape index (κ2) is 4.84. The summed E-state index contributed by atoms with van der Waals surface area (Å²) in [6.07, 6.45) is 3.11. The van der Waals surface area contributed by atoms with Gasteiger partial charge in [0, 0.05) is 15.6 Å². The molecule has 2 fully saturated rings. The Balaban J connectivity index is 1.66. The van der Waals surface area contributed by atoms with Crippen LogP contribution in [0.2, 0.25) is 10.0 Å². The number of imide groups is 1. The smallest absolute Gasteiger partial charge is 0.234 e. The van der Waals surface area contributed by atoms with E-state index in [4.69, 9.17) is 23.2 Å². The fourth-order valence-corrected chi connectivity index (χ4v) is 4.85. The quantitative estimate of drug-likeness (QED) is 0.610. The van der Waals surface area contributed by atoms with Gasteiger partial charge >= 0.3 is 0 Å². The van der Waals surface area contributed by atoms with Crippen molar-refractivity contribution in [1.82, 2.24) is 4.90 Å². The Morgan fingerprint density at radius 3 is 2.45 bits per heavy atom. The topological polar surface area (TPSA) is 37.4 Å². The Hall–Kier alpha value is -1.32. The van der Waals surface area contributed by atoms with E-state index < -0.39 is 0 Å². The molecule has 0 radical (unpaired) electrons. The van der Waals surface area contributed by atoms with Crippen LogP contribution in [0.1, 0.15) is 18.9 Å². The van der Waals surface area contributed by atoms with Gasteiger partial charge in [-0.15, -0.1) is 0 Å². The van der Waals surface area contributed by atoms with Crippen LogP contribution in [0.25, 0.3) is 0 Å². The molecule has 4 rings (SSSR count). The molecule has 2 aliphatic carbocycles. The minimum atomic E-state index is -0.178. The largest absolute Gasteiger partial charge is 0.277 e. The highest BCUT2D eigenvalue weighted by atomic mass is 35.5. The van der Waals surface area contributed by atoms with Crippen LogP contribution in [0.3, 0.4) is 0 Å². The molecule has 1 aliphatic heterocycles. The average Bonchev–Trinajstić information content (AvgIpc) is 3.08. The summed E-state index contributed by atoms with van der Waals surface area (Å²) in [6, 6.07) is 5.21. The van der Waals surface area contributed by atoms with Gasteiger partial charge in [-0.05, 0) is 37.3 Å². The highest BCUT2D eigenvalue weighted by molar-refractivity contribution is 6.36. The molecule has 4 atom stereocenters. The lowest BCUT2D eigenvalue weighted by Crippen LogP contribution is -2.32. The van der Waals surface area contributed by atoms with Crippen molar-refractivity contribution in [3.05, 3.63) is 45.5 Å². The third-order valence-corrected chi connectivity index (χ3v) is 6.06. The van der Waals surface area contributed by atoms with Crippen LogP contribution in [0, 0.1) is 23.7 Å². The van der Waals surface area contributed by atoms with Crippen molar-refractivity contribution < 1.29 is 9.59 Å². The fourth-order valence-electron chi connectivity index (χ4n) is 4.33. The van der Waals surface area contributed by atoms with Gasteiger partial charge < -0.3 is 0 Å². The minimum absolute atomic E-state index is 0.0639. The van der Waals surface area contributed by atoms with E-state index in [-0.39, 0.29) is 42.0 Å². The molecule has 0 aromatic heterocycles. The number of hydrogen-bond acceptors (Lipinski definition) is 2. The first-order valence-electron chi connectivity index (χ1n) is 7.45. The number of carbonyl (C=O) groups excluding carboxylic acids is 2. The zero-order valence-corrected chi connectivity index (χ0v) is 13.6. The van der Waals surface area contributed by atoms with Gasteiger partial charge in [0.1, 0.15) is 0 Å². The van der Waals surface area contributed by atoms with Crippen LogP contribution in [-0.4, -0.2) is 16.7 Å². The van der Waals surface area contributed by atoms with E-state index >= 15 is 0 Å². The standard InChI is InChI=1S/C17H15Cl2NO2/c1-8-5-9-6-10(8)15-14(9)16(21)20(17(15)22)7-11-12(18)3-2-4-13(11)19/h2-5,9-10,14-15H,6-7H2,1H3. The summed E-state index contributed by atoms with van der Waals surface area (Å²) in [7, 11) is 0. The van der Waals surface area contributed by atoms with Crippen molar-refractivity contribution in [3.63, 3.8) is 0 Å². The van der Waals surface area contributed by atoms with Gasteiger partial charge in [-0.2, -0.15) is 0 Å². The van der Waals surface area contributed by atoms with Crippen LogP contribution in [0.5, 0.6) is 0 Å². The molecule has 0 N–H and O–H groups in total. The van der Waals surface area contributed by atoms with Gasteiger partial charge in [0.25, 0.3) is 0 Å². The Morgan fingerprint density at radius 2 is 1.77 bits per heavy atom. The molecule has 1 saturated carbocycles. The molecule has 1 aromatic rings. The highest BCUT2D eigenvalue weighted by Gasteiger charge is 2.60. The maximum atomic E-state index is 12.8. The van der Waals surface area contributed by atoms with Gasteiger partial charge in [-0.25, -0.2) is 0 Å². The molecule has 3 aliphatic rings. The fraction of sp³-hybridized carbons (Fsp3) is 0.412. The first-order chi connectivity index (χ1) is 10.5. The minimum Gasteiger partial charge on any atom is -0.277 e. The molecule has 22 heavy (non-hydrogen) atoms. The normalized spacial score (nSPS) is 32.7. The number of carbonyl (C=O) groups is 2. The van der Waals surface area contributed by atoms with Crippen LogP contribution in [0.15, 0.2) is 29.8 Å². The lowest BCUT2D eigenvalue weighted by atomic mass is 9.82. The van der Waals surface area contributed by atoms with Crippen molar-refractivity contribution in [2.75, 3.05) is 0 Å². The molecular weight excluding hydrogens is 321 g/mol. The van der Waals surface area contributed by atoms with Crippen LogP contribution in [0.4, 0.5) is 0 Å². The van der Waals surface area contributed by atoms with E-state index in [0.29, 0.717) is 15.6 Å². The van der Waals surface area contributed by atoms with Gasteiger partial charge in [0.05, 0.1) is 18.4 Å². The van der Waals surface area contributed by atoms with Crippen LogP contribution < -0.4 is 0 Å². The summed E-state index contributed by atoms with van der Waals surface area (Å²) in [5, 5.41) is 0.977. The van der Waals surface area contributed by atoms with E-state index in [1.807, 2.05) is 0 Å². The zero-order chi connectivity index (χ0) is 15.6. The Bertz CT molecular complexity index is 707. The second-order valence-electron chi connectivity index (χ2n) is 6.43. The number of likely N-dealkylation sites (tertiary alicyclic amines) is 1. The Kier molecular flexibility index (Phi) is 3.14. The molecule has 4 unspecified atom stereocenters. The Labute approximate surface area is 138 Å². The lowest BCUT2D eigenvalue weighted by Gasteiger charge is -2.19. The van der Waals surface area contributed by atoms with Gasteiger partial charge in [0.15, 0.2) is 0 Å². The van der Waals surface area contributed by atoms with Crippen molar-refractivity contribution in [2.45, 2.75) is 19.9 Å². The molecule has 5 heteroatoms. The monoisotopic (exact) mass is 335 g/mol. The number of amides is 2. The molecule has 114 valence electrons. The maximum absolute atomic E-state index is 12.8. The predicted octanol–water partition coefficient (Wildman–Crippen LogP) is 3.69. The molecule has 1 aromatic carbocycles. The van der Waals surface area contributed by atoms with E-state index in [1.165, 1.54) is 10.5 Å². The third-order valence-electron chi connectivity index (χ3n) is 5.35. The van der Waals surface area contributed by atoms with E-state index in [2.05, 4.69) is 13.0 Å². The highest BCUT2D eigenvalue weighted by Crippen LogP contribution is 2.55. The molecular formula is C17H15Cl2NO2. The second-order valence-corrected chi connectivity index (χ2v) is 7.25. The Morgan fingerprint density at radius 1 is 1.14 bits per heavy atom. The first kappa shape index (κ1) is 14.3. The van der Waals surface area contributed by atoms with Crippen molar-refractivity contribution in [1.29, 1.82) is 0 Å². The zero-order valence-electron chi connectivity index (χ0n) is 12.1. The molecule has 1 heterocycles. The summed E-state index contributed by atoms with van der Waals surface area (Å²) in [5.74, 6) is -0.0317. The van der Waals surface area contributed by atoms with Gasteiger partial charge in [-0.3, -0.25) is 14.5 Å². The summed E-state index contributed by atoms with van der Waals surface area (Å²) >= 11 is 12.3. The number of fused-ring (bicyclic) bond motifs is 5. The van der Waals surface area contributed by atoms with Gasteiger partial charge in [-0.1, -0.05) is 40.9 Å². The first-order valence-corrected chi connectivity index (χ1v) is 8.21. The SMILES string of the molecule is CC1=CC2CC1C1C(=O)N(Cc3c(Cl)cccc3Cl)C(=O)C21. The summed E-state index contributed by atoms with van der Waals surface area (Å²) in [6.45, 7) is 2.23. The number of rotatable bonds is 2. The summed E-state index contributed by atoms with van der Waals surface area (Å²) in [5.41, 5.74) is 1.90. The lowest BCUT2D eigenvalue weighted by molar-refractivity contribution is -0.141. The molecule has 2 bridgehead atoms. The summed E-state index contributed by atoms with van der Waals surface area (Å²) < 4.78 is 0. The van der Waals surface area contributed by atoms with E-state index in [0.717, 1.165) is 6.42 Å². The number of allylic oxidation sites excluding steroid dienone is 2. The molecule has 3 nitrogen and oxygen atoms in total. The van der Waals surface area contributed by atoms with Crippen LogP contribution >= 0.6 is 23.2 Å². The predicted molar refractivity (Wildman–Crippen MR) is 84.4 cm³/mol. The van der Waals surface area contributed by atoms with Crippen molar-refractivity contribution >= 4 is 35.0 Å². The molecule has 0 spiro atoms. The molecule has 2 amide bonds. The maximum Gasteiger partial charge on any atom is 0.234 e. The van der Waals surface area contributed by atoms with Crippen LogP contribution in [-0.2, 0) is 16.1 Å². The number of hydrogen-bond donors (Lipinski definition) is 0. The molecule has 1 saturated heterocycles. The van der Waals surface area contributed by atoms with E-state index in [9.17, 15) is 9.59 Å². The number of benzene rings is 1. The number of halogens is 2. The average molecular weight is 336 g/mol. The van der Waals surface area contributed by atoms with E-state index in [1.54, 1.807) is 18.2 Å². The number of nitrogens with zero attached hydrogens (tertiary/aromatic N) is 1. The van der Waals surface area contributed by atoms with Crippen molar-refractivity contribution in [2.24, 2.45) is 23.7 Å².